The van der Waals surface area contributed by atoms with E-state index in [0.29, 0.717) is 13.0 Å². The first-order valence-electron chi connectivity index (χ1n) is 8.59. The summed E-state index contributed by atoms with van der Waals surface area (Å²) in [6, 6.07) is 17.2. The summed E-state index contributed by atoms with van der Waals surface area (Å²) in [4.78, 5) is 27.0. The molecule has 1 aliphatic heterocycles. The van der Waals surface area contributed by atoms with Gasteiger partial charge < -0.3 is 14.4 Å². The van der Waals surface area contributed by atoms with Crippen LogP contribution in [0.5, 0.6) is 5.75 Å². The van der Waals surface area contributed by atoms with Gasteiger partial charge in [-0.15, -0.1) is 0 Å². The SMILES string of the molecule is COC(=O)[C@]1(Cc2ccccc2)[C@H](C)C(=O)N1Cc1ccc(OC)cc1. The van der Waals surface area contributed by atoms with E-state index in [2.05, 4.69) is 0 Å². The maximum Gasteiger partial charge on any atom is 0.332 e. The highest BCUT2D eigenvalue weighted by Gasteiger charge is 2.63. The number of benzene rings is 2. The molecule has 0 unspecified atom stereocenters. The van der Waals surface area contributed by atoms with Gasteiger partial charge >= 0.3 is 5.97 Å². The number of likely N-dealkylation sites (tertiary alicyclic amines) is 1. The molecule has 1 saturated heterocycles. The van der Waals surface area contributed by atoms with Crippen LogP contribution in [0.3, 0.4) is 0 Å². The van der Waals surface area contributed by atoms with Crippen LogP contribution in [0.15, 0.2) is 54.6 Å². The lowest BCUT2D eigenvalue weighted by Gasteiger charge is -2.54. The molecule has 5 nitrogen and oxygen atoms in total. The van der Waals surface area contributed by atoms with Crippen molar-refractivity contribution >= 4 is 11.9 Å². The number of ether oxygens (including phenoxy) is 2. The molecule has 136 valence electrons. The van der Waals surface area contributed by atoms with Gasteiger partial charge in [-0.2, -0.15) is 0 Å². The standard InChI is InChI=1S/C21H23NO4/c1-15-19(23)22(14-17-9-11-18(25-2)12-10-17)21(15,20(24)26-3)13-16-7-5-4-6-8-16/h4-12,15H,13-14H2,1-3H3/t15-,21+/m1/s1. The molecule has 0 bridgehead atoms. The summed E-state index contributed by atoms with van der Waals surface area (Å²) < 4.78 is 10.3. The molecular formula is C21H23NO4. The van der Waals surface area contributed by atoms with Crippen LogP contribution < -0.4 is 4.74 Å². The van der Waals surface area contributed by atoms with Crippen molar-refractivity contribution in [1.29, 1.82) is 0 Å². The molecule has 0 spiro atoms. The van der Waals surface area contributed by atoms with E-state index >= 15 is 0 Å². The molecule has 1 fully saturated rings. The second-order valence-electron chi connectivity index (χ2n) is 6.57. The number of esters is 1. The number of rotatable bonds is 6. The lowest BCUT2D eigenvalue weighted by Crippen LogP contribution is -2.74. The van der Waals surface area contributed by atoms with Gasteiger partial charge in [-0.3, -0.25) is 4.79 Å². The number of carbonyl (C=O) groups is 2. The molecule has 3 rings (SSSR count). The van der Waals surface area contributed by atoms with Crippen molar-refractivity contribution in [1.82, 2.24) is 4.90 Å². The smallest absolute Gasteiger partial charge is 0.332 e. The Morgan fingerprint density at radius 3 is 2.27 bits per heavy atom. The fourth-order valence-electron chi connectivity index (χ4n) is 3.63. The van der Waals surface area contributed by atoms with Gasteiger partial charge in [-0.05, 0) is 23.3 Å². The fraction of sp³-hybridized carbons (Fsp3) is 0.333. The summed E-state index contributed by atoms with van der Waals surface area (Å²) in [7, 11) is 2.98. The third-order valence-corrected chi connectivity index (χ3v) is 5.19. The first-order chi connectivity index (χ1) is 12.5. The lowest BCUT2D eigenvalue weighted by molar-refractivity contribution is -0.190. The molecule has 1 heterocycles. The van der Waals surface area contributed by atoms with Crippen molar-refractivity contribution in [2.24, 2.45) is 5.92 Å². The minimum atomic E-state index is -0.979. The van der Waals surface area contributed by atoms with Crippen molar-refractivity contribution in [3.63, 3.8) is 0 Å². The van der Waals surface area contributed by atoms with Gasteiger partial charge in [-0.1, -0.05) is 49.4 Å². The van der Waals surface area contributed by atoms with Crippen molar-refractivity contribution in [3.8, 4) is 5.75 Å². The van der Waals surface area contributed by atoms with Crippen LogP contribution in [-0.4, -0.2) is 36.5 Å². The van der Waals surface area contributed by atoms with E-state index < -0.39 is 11.5 Å². The Morgan fingerprint density at radius 2 is 1.69 bits per heavy atom. The average Bonchev–Trinajstić information content (AvgIpc) is 2.70. The van der Waals surface area contributed by atoms with E-state index in [1.165, 1.54) is 7.11 Å². The van der Waals surface area contributed by atoms with Crippen molar-refractivity contribution in [2.45, 2.75) is 25.4 Å². The number of β-lactam (4-membered cyclic amide) rings is 1. The number of amides is 1. The topological polar surface area (TPSA) is 55.8 Å². The highest BCUT2D eigenvalue weighted by atomic mass is 16.5. The molecule has 2 atom stereocenters. The first kappa shape index (κ1) is 18.0. The molecule has 0 N–H and O–H groups in total. The number of nitrogens with zero attached hydrogens (tertiary/aromatic N) is 1. The summed E-state index contributed by atoms with van der Waals surface area (Å²) in [5.41, 5.74) is 0.956. The third kappa shape index (κ3) is 2.94. The summed E-state index contributed by atoms with van der Waals surface area (Å²) in [5.74, 6) is -0.0851. The Kier molecular flexibility index (Phi) is 4.98. The Labute approximate surface area is 153 Å². The van der Waals surface area contributed by atoms with E-state index in [9.17, 15) is 9.59 Å². The maximum atomic E-state index is 12.7. The van der Waals surface area contributed by atoms with E-state index in [-0.39, 0.29) is 11.9 Å². The number of hydrogen-bond donors (Lipinski definition) is 0. The molecule has 0 radical (unpaired) electrons. The van der Waals surface area contributed by atoms with Crippen LogP contribution in [0.25, 0.3) is 0 Å². The molecular weight excluding hydrogens is 330 g/mol. The van der Waals surface area contributed by atoms with E-state index in [0.717, 1.165) is 16.9 Å². The van der Waals surface area contributed by atoms with E-state index in [1.807, 2.05) is 54.6 Å². The zero-order chi connectivity index (χ0) is 18.7. The van der Waals surface area contributed by atoms with Crippen LogP contribution in [0, 0.1) is 5.92 Å². The lowest BCUT2D eigenvalue weighted by atomic mass is 9.70. The van der Waals surface area contributed by atoms with Crippen molar-refractivity contribution < 1.29 is 19.1 Å². The summed E-state index contributed by atoms with van der Waals surface area (Å²) in [5, 5.41) is 0. The zero-order valence-electron chi connectivity index (χ0n) is 15.3. The van der Waals surface area contributed by atoms with Crippen LogP contribution in [0.1, 0.15) is 18.1 Å². The normalized spacial score (nSPS) is 21.9. The quantitative estimate of drug-likeness (QED) is 0.592. The summed E-state index contributed by atoms with van der Waals surface area (Å²) in [6.07, 6.45) is 0.434. The van der Waals surface area contributed by atoms with Gasteiger partial charge in [0.2, 0.25) is 5.91 Å². The molecule has 0 saturated carbocycles. The molecule has 5 heteroatoms. The van der Waals surface area contributed by atoms with Gasteiger partial charge in [0.1, 0.15) is 5.75 Å². The van der Waals surface area contributed by atoms with E-state index in [1.54, 1.807) is 18.9 Å². The minimum Gasteiger partial charge on any atom is -0.497 e. The molecule has 0 aliphatic carbocycles. The molecule has 2 aromatic carbocycles. The van der Waals surface area contributed by atoms with Gasteiger partial charge in [0.15, 0.2) is 5.54 Å². The highest BCUT2D eigenvalue weighted by Crippen LogP contribution is 2.42. The van der Waals surface area contributed by atoms with Gasteiger partial charge in [0.25, 0.3) is 0 Å². The molecule has 0 aromatic heterocycles. The average molecular weight is 353 g/mol. The third-order valence-electron chi connectivity index (χ3n) is 5.19. The Bertz CT molecular complexity index is 787. The summed E-state index contributed by atoms with van der Waals surface area (Å²) in [6.45, 7) is 2.15. The fourth-order valence-corrected chi connectivity index (χ4v) is 3.63. The Balaban J connectivity index is 1.92. The zero-order valence-corrected chi connectivity index (χ0v) is 15.3. The second-order valence-corrected chi connectivity index (χ2v) is 6.57. The van der Waals surface area contributed by atoms with Crippen LogP contribution in [0.4, 0.5) is 0 Å². The van der Waals surface area contributed by atoms with Gasteiger partial charge in [0.05, 0.1) is 20.1 Å². The minimum absolute atomic E-state index is 0.0397. The largest absolute Gasteiger partial charge is 0.497 e. The van der Waals surface area contributed by atoms with Crippen LogP contribution in [0.2, 0.25) is 0 Å². The van der Waals surface area contributed by atoms with E-state index in [4.69, 9.17) is 9.47 Å². The Hall–Kier alpha value is -2.82. The van der Waals surface area contributed by atoms with Crippen molar-refractivity contribution in [3.05, 3.63) is 65.7 Å². The van der Waals surface area contributed by atoms with Gasteiger partial charge in [0, 0.05) is 13.0 Å². The molecule has 1 aliphatic rings. The van der Waals surface area contributed by atoms with Crippen molar-refractivity contribution in [2.75, 3.05) is 14.2 Å². The predicted molar refractivity (Wildman–Crippen MR) is 97.6 cm³/mol. The molecule has 26 heavy (non-hydrogen) atoms. The van der Waals surface area contributed by atoms with Gasteiger partial charge in [-0.25, -0.2) is 4.79 Å². The monoisotopic (exact) mass is 353 g/mol. The highest BCUT2D eigenvalue weighted by molar-refractivity contribution is 6.01. The molecule has 2 aromatic rings. The number of hydrogen-bond acceptors (Lipinski definition) is 4. The maximum absolute atomic E-state index is 12.7. The molecule has 1 amide bonds. The Morgan fingerprint density at radius 1 is 1.04 bits per heavy atom. The second kappa shape index (κ2) is 7.20. The van der Waals surface area contributed by atoms with Crippen LogP contribution in [-0.2, 0) is 27.3 Å². The first-order valence-corrected chi connectivity index (χ1v) is 8.59. The number of carbonyl (C=O) groups excluding carboxylic acids is 2. The summed E-state index contributed by atoms with van der Waals surface area (Å²) >= 11 is 0. The predicted octanol–water partition coefficient (Wildman–Crippen LogP) is 2.83. The van der Waals surface area contributed by atoms with Crippen LogP contribution >= 0.6 is 0 Å². The number of methoxy groups -OCH3 is 2.